The van der Waals surface area contributed by atoms with Crippen molar-refractivity contribution in [1.29, 1.82) is 0 Å². The maximum atomic E-state index is 12.0. The maximum absolute atomic E-state index is 12.0. The molecule has 1 aliphatic heterocycles. The number of ether oxygens (including phenoxy) is 2. The second-order valence-electron chi connectivity index (χ2n) is 11.1. The first-order valence-electron chi connectivity index (χ1n) is 15.8. The van der Waals surface area contributed by atoms with Crippen LogP contribution in [0.5, 0.6) is 5.75 Å². The number of thiazole rings is 1. The number of alkyl carbamates (subject to hydrolysis) is 1. The summed E-state index contributed by atoms with van der Waals surface area (Å²) in [5.74, 6) is 0.668. The number of carbonyl (C=O) groups is 2. The predicted octanol–water partition coefficient (Wildman–Crippen LogP) is 5.44. The summed E-state index contributed by atoms with van der Waals surface area (Å²) in [6.45, 7) is 2.84. The highest BCUT2D eigenvalue weighted by Crippen LogP contribution is 2.34. The van der Waals surface area contributed by atoms with Crippen molar-refractivity contribution < 1.29 is 19.1 Å². The van der Waals surface area contributed by atoms with Crippen LogP contribution >= 0.6 is 11.3 Å². The average Bonchev–Trinajstić information content (AvgIpc) is 3.88. The summed E-state index contributed by atoms with van der Waals surface area (Å²) < 4.78 is 13.3. The first-order chi connectivity index (χ1) is 23.1. The highest BCUT2D eigenvalue weighted by molar-refractivity contribution is 7.13. The van der Waals surface area contributed by atoms with Crippen molar-refractivity contribution in [1.82, 2.24) is 35.5 Å². The molecule has 12 heteroatoms. The zero-order valence-electron chi connectivity index (χ0n) is 26.0. The van der Waals surface area contributed by atoms with Gasteiger partial charge in [0.05, 0.1) is 35.4 Å². The summed E-state index contributed by atoms with van der Waals surface area (Å²) in [4.78, 5) is 30.7. The van der Waals surface area contributed by atoms with Gasteiger partial charge in [-0.25, -0.2) is 19.3 Å². The molecule has 0 aliphatic carbocycles. The van der Waals surface area contributed by atoms with Gasteiger partial charge in [0.1, 0.15) is 24.0 Å². The van der Waals surface area contributed by atoms with Crippen LogP contribution < -0.4 is 15.4 Å². The van der Waals surface area contributed by atoms with Crippen molar-refractivity contribution in [3.05, 3.63) is 113 Å². The molecule has 3 amide bonds. The molecule has 5 aromatic rings. The Balaban J connectivity index is 1.07. The Bertz CT molecular complexity index is 1760. The zero-order valence-corrected chi connectivity index (χ0v) is 26.8. The maximum Gasteiger partial charge on any atom is 0.407 e. The normalized spacial score (nSPS) is 12.6. The van der Waals surface area contributed by atoms with E-state index < -0.39 is 6.09 Å². The zero-order chi connectivity index (χ0) is 32.3. The fourth-order valence-corrected chi connectivity index (χ4v) is 6.06. The molecule has 11 nitrogen and oxygen atoms in total. The molecular weight excluding hydrogens is 614 g/mol. The van der Waals surface area contributed by atoms with E-state index in [-0.39, 0.29) is 12.6 Å². The molecule has 2 aromatic heterocycles. The van der Waals surface area contributed by atoms with Crippen LogP contribution in [0.1, 0.15) is 28.9 Å². The Morgan fingerprint density at radius 3 is 2.55 bits per heavy atom. The Kier molecular flexibility index (Phi) is 10.7. The van der Waals surface area contributed by atoms with Crippen LogP contribution in [0, 0.1) is 0 Å². The van der Waals surface area contributed by atoms with Gasteiger partial charge in [0.15, 0.2) is 0 Å². The topological polar surface area (TPSA) is 124 Å². The van der Waals surface area contributed by atoms with Crippen LogP contribution in [-0.4, -0.2) is 69.8 Å². The number of nitrogens with one attached hydrogen (secondary N) is 2. The molecule has 0 radical (unpaired) electrons. The van der Waals surface area contributed by atoms with Crippen molar-refractivity contribution in [2.24, 2.45) is 0 Å². The molecule has 3 aromatic carbocycles. The molecule has 0 atom stereocenters. The van der Waals surface area contributed by atoms with Crippen LogP contribution in [0.4, 0.5) is 9.59 Å². The lowest BCUT2D eigenvalue weighted by Gasteiger charge is -2.16. The van der Waals surface area contributed by atoms with Gasteiger partial charge in [0.25, 0.3) is 0 Å². The van der Waals surface area contributed by atoms with Crippen molar-refractivity contribution in [3.63, 3.8) is 0 Å². The second-order valence-corrected chi connectivity index (χ2v) is 12.0. The van der Waals surface area contributed by atoms with Gasteiger partial charge in [-0.2, -0.15) is 0 Å². The van der Waals surface area contributed by atoms with Gasteiger partial charge in [-0.1, -0.05) is 65.9 Å². The molecule has 0 bridgehead atoms. The van der Waals surface area contributed by atoms with E-state index in [1.54, 1.807) is 20.9 Å². The molecule has 47 heavy (non-hydrogen) atoms. The lowest BCUT2D eigenvalue weighted by atomic mass is 10.1. The summed E-state index contributed by atoms with van der Waals surface area (Å²) in [7, 11) is 0. The predicted molar refractivity (Wildman–Crippen MR) is 180 cm³/mol. The number of rotatable bonds is 15. The standard InChI is InChI=1S/C35H37N7O4S/c43-34-36-18-19-41(34)20-21-45-32-22-30(15-16-31(32)33-38-29(25-47-33)14-13-26-8-3-1-4-9-26)42-23-28(39-40-42)12-7-17-37-35(44)46-24-27-10-5-2-6-11-27/h1-6,8-11,15-16,22-23,25H,7,12-14,17-21,24H2,(H,36,43)(H,37,44). The number of hydrogen-bond acceptors (Lipinski definition) is 8. The smallest absolute Gasteiger partial charge is 0.407 e. The lowest BCUT2D eigenvalue weighted by molar-refractivity contribution is 0.139. The van der Waals surface area contributed by atoms with Gasteiger partial charge >= 0.3 is 12.1 Å². The third-order valence-corrected chi connectivity index (χ3v) is 8.65. The number of hydrogen-bond donors (Lipinski definition) is 2. The summed E-state index contributed by atoms with van der Waals surface area (Å²) in [5, 5.41) is 17.3. The molecule has 1 fully saturated rings. The van der Waals surface area contributed by atoms with Gasteiger partial charge in [-0.05, 0) is 48.9 Å². The number of benzene rings is 3. The summed E-state index contributed by atoms with van der Waals surface area (Å²) in [6, 6.07) is 25.8. The third kappa shape index (κ3) is 8.95. The number of carbonyl (C=O) groups excluding carboxylic acids is 2. The molecule has 0 saturated carbocycles. The Hall–Kier alpha value is -5.23. The number of urea groups is 1. The van der Waals surface area contributed by atoms with Gasteiger partial charge in [0.2, 0.25) is 0 Å². The van der Waals surface area contributed by atoms with E-state index in [9.17, 15) is 9.59 Å². The van der Waals surface area contributed by atoms with Gasteiger partial charge in [-0.15, -0.1) is 16.4 Å². The van der Waals surface area contributed by atoms with Crippen molar-refractivity contribution in [3.8, 4) is 22.0 Å². The van der Waals surface area contributed by atoms with E-state index in [1.165, 1.54) is 5.56 Å². The Labute approximate surface area is 277 Å². The third-order valence-electron chi connectivity index (χ3n) is 7.72. The molecule has 2 N–H and O–H groups in total. The molecule has 242 valence electrons. The largest absolute Gasteiger partial charge is 0.491 e. The van der Waals surface area contributed by atoms with Crippen molar-refractivity contribution >= 4 is 23.5 Å². The van der Waals surface area contributed by atoms with E-state index in [2.05, 4.69) is 50.6 Å². The lowest BCUT2D eigenvalue weighted by Crippen LogP contribution is -2.31. The van der Waals surface area contributed by atoms with E-state index in [0.717, 1.165) is 46.1 Å². The quantitative estimate of drug-likeness (QED) is 0.145. The van der Waals surface area contributed by atoms with Gasteiger partial charge in [0, 0.05) is 31.1 Å². The van der Waals surface area contributed by atoms with Crippen LogP contribution in [-0.2, 0) is 30.6 Å². The summed E-state index contributed by atoms with van der Waals surface area (Å²) in [6.07, 6.45) is 4.54. The van der Waals surface area contributed by atoms with E-state index in [0.29, 0.717) is 51.4 Å². The highest BCUT2D eigenvalue weighted by Gasteiger charge is 2.20. The van der Waals surface area contributed by atoms with Crippen LogP contribution in [0.2, 0.25) is 0 Å². The van der Waals surface area contributed by atoms with Gasteiger partial charge in [-0.3, -0.25) is 0 Å². The molecule has 0 spiro atoms. The first-order valence-corrected chi connectivity index (χ1v) is 16.6. The number of aryl methyl sites for hydroxylation is 3. The van der Waals surface area contributed by atoms with Crippen LogP contribution in [0.15, 0.2) is 90.4 Å². The molecule has 0 unspecified atom stereocenters. The fraction of sp³-hybridized carbons (Fsp3) is 0.286. The van der Waals surface area contributed by atoms with E-state index >= 15 is 0 Å². The first kappa shape index (κ1) is 31.7. The molecular formula is C35H37N7O4S. The molecule has 1 aliphatic rings. The Morgan fingerprint density at radius 2 is 1.77 bits per heavy atom. The fourth-order valence-electron chi connectivity index (χ4n) is 5.18. The monoisotopic (exact) mass is 651 g/mol. The minimum Gasteiger partial charge on any atom is -0.491 e. The van der Waals surface area contributed by atoms with Crippen LogP contribution in [0.3, 0.4) is 0 Å². The number of aromatic nitrogens is 4. The van der Waals surface area contributed by atoms with E-state index in [1.807, 2.05) is 60.8 Å². The minimum absolute atomic E-state index is 0.0695. The minimum atomic E-state index is -0.445. The SMILES string of the molecule is O=C(NCCCc1cn(-c2ccc(-c3nc(CCc4ccccc4)cs3)c(OCCN3CCNC3=O)c2)nn1)OCc1ccccc1. The highest BCUT2D eigenvalue weighted by atomic mass is 32.1. The molecule has 3 heterocycles. The Morgan fingerprint density at radius 1 is 0.957 bits per heavy atom. The van der Waals surface area contributed by atoms with Crippen molar-refractivity contribution in [2.75, 3.05) is 32.8 Å². The number of nitrogens with zero attached hydrogens (tertiary/aromatic N) is 5. The summed E-state index contributed by atoms with van der Waals surface area (Å²) >= 11 is 1.59. The van der Waals surface area contributed by atoms with Gasteiger partial charge < -0.3 is 25.0 Å². The average molecular weight is 652 g/mol. The second kappa shape index (κ2) is 15.9. The van der Waals surface area contributed by atoms with Crippen molar-refractivity contribution in [2.45, 2.75) is 32.3 Å². The van der Waals surface area contributed by atoms with Crippen LogP contribution in [0.25, 0.3) is 16.3 Å². The molecule has 6 rings (SSSR count). The molecule has 1 saturated heterocycles. The summed E-state index contributed by atoms with van der Waals surface area (Å²) in [5.41, 5.74) is 5.75. The number of amides is 3. The van der Waals surface area contributed by atoms with E-state index in [4.69, 9.17) is 14.5 Å².